The van der Waals surface area contributed by atoms with Gasteiger partial charge in [-0.05, 0) is 30.1 Å². The van der Waals surface area contributed by atoms with Crippen LogP contribution >= 0.6 is 0 Å². The Balaban J connectivity index is 1.52. The number of carbonyl (C=O) groups is 2. The number of aliphatic imine (C=N–C) groups is 1. The van der Waals surface area contributed by atoms with E-state index in [-0.39, 0.29) is 24.1 Å². The first kappa shape index (κ1) is 15.1. The minimum absolute atomic E-state index is 0.0718. The average Bonchev–Trinajstić information content (AvgIpc) is 2.97. The molecule has 1 atom stereocenters. The molecule has 2 aliphatic rings. The number of aryl methyl sites for hydroxylation is 2. The predicted octanol–water partition coefficient (Wildman–Crippen LogP) is 1.55. The second-order valence-electron chi connectivity index (χ2n) is 5.46. The molecule has 23 heavy (non-hydrogen) atoms. The van der Waals surface area contributed by atoms with E-state index in [0.29, 0.717) is 6.42 Å². The lowest BCUT2D eigenvalue weighted by Gasteiger charge is -2.18. The largest absolute Gasteiger partial charge is 0.461 e. The van der Waals surface area contributed by atoms with Crippen molar-refractivity contribution in [3.05, 3.63) is 53.9 Å². The highest BCUT2D eigenvalue weighted by atomic mass is 16.5. The monoisotopic (exact) mass is 311 g/mol. The number of dihydropyridines is 1. The molecule has 1 aromatic rings. The van der Waals surface area contributed by atoms with E-state index in [2.05, 4.69) is 10.1 Å². The summed E-state index contributed by atoms with van der Waals surface area (Å²) in [6.45, 7) is 0.281. The standard InChI is InChI=1S/C17H17N3O3/c1-20-11-12(10-18-20)5-4-8-23-17(22)15-9-13-6-2-3-7-14(13)16(21)19-15/h2-3,6-7,9-11,14H,4-5,8H2,1H3. The lowest BCUT2D eigenvalue weighted by atomic mass is 9.91. The van der Waals surface area contributed by atoms with Crippen molar-refractivity contribution in [3.8, 4) is 0 Å². The van der Waals surface area contributed by atoms with Crippen molar-refractivity contribution in [2.75, 3.05) is 6.61 Å². The van der Waals surface area contributed by atoms with Crippen molar-refractivity contribution in [1.29, 1.82) is 0 Å². The van der Waals surface area contributed by atoms with Gasteiger partial charge >= 0.3 is 5.97 Å². The molecule has 1 unspecified atom stereocenters. The van der Waals surface area contributed by atoms with Crippen LogP contribution in [-0.4, -0.2) is 34.0 Å². The third-order valence-electron chi connectivity index (χ3n) is 3.67. The molecule has 1 aliphatic carbocycles. The normalized spacial score (nSPS) is 19.2. The van der Waals surface area contributed by atoms with Crippen molar-refractivity contribution < 1.29 is 14.3 Å². The van der Waals surface area contributed by atoms with Crippen LogP contribution in [0.15, 0.2) is 53.3 Å². The molecule has 1 aliphatic heterocycles. The van der Waals surface area contributed by atoms with Gasteiger partial charge in [0.1, 0.15) is 0 Å². The molecule has 6 heteroatoms. The molecule has 1 amide bonds. The number of fused-ring (bicyclic) bond motifs is 1. The number of hydrogen-bond donors (Lipinski definition) is 0. The summed E-state index contributed by atoms with van der Waals surface area (Å²) in [5, 5.41) is 4.08. The fraction of sp³-hybridized carbons (Fsp3) is 0.294. The number of allylic oxidation sites excluding steroid dienone is 3. The van der Waals surface area contributed by atoms with E-state index in [4.69, 9.17) is 4.74 Å². The number of carbonyl (C=O) groups excluding carboxylic acids is 2. The van der Waals surface area contributed by atoms with Gasteiger partial charge in [0, 0.05) is 13.2 Å². The lowest BCUT2D eigenvalue weighted by molar-refractivity contribution is -0.136. The second-order valence-corrected chi connectivity index (χ2v) is 5.46. The maximum Gasteiger partial charge on any atom is 0.357 e. The zero-order valence-electron chi connectivity index (χ0n) is 12.8. The molecule has 0 saturated carbocycles. The zero-order chi connectivity index (χ0) is 16.2. The van der Waals surface area contributed by atoms with E-state index in [1.807, 2.05) is 25.4 Å². The molecule has 6 nitrogen and oxygen atoms in total. The molecule has 3 rings (SSSR count). The Morgan fingerprint density at radius 2 is 2.26 bits per heavy atom. The Morgan fingerprint density at radius 1 is 1.39 bits per heavy atom. The number of rotatable bonds is 5. The fourth-order valence-corrected chi connectivity index (χ4v) is 2.52. The van der Waals surface area contributed by atoms with Gasteiger partial charge in [-0.2, -0.15) is 5.10 Å². The summed E-state index contributed by atoms with van der Waals surface area (Å²) in [6, 6.07) is 0. The fourth-order valence-electron chi connectivity index (χ4n) is 2.52. The van der Waals surface area contributed by atoms with Crippen LogP contribution in [0.3, 0.4) is 0 Å². The summed E-state index contributed by atoms with van der Waals surface area (Å²) in [7, 11) is 1.86. The quantitative estimate of drug-likeness (QED) is 0.611. The number of aromatic nitrogens is 2. The molecule has 0 bridgehead atoms. The van der Waals surface area contributed by atoms with Crippen LogP contribution < -0.4 is 0 Å². The molecular weight excluding hydrogens is 294 g/mol. The van der Waals surface area contributed by atoms with Gasteiger partial charge in [-0.15, -0.1) is 0 Å². The van der Waals surface area contributed by atoms with E-state index < -0.39 is 5.97 Å². The van der Waals surface area contributed by atoms with E-state index >= 15 is 0 Å². The molecular formula is C17H17N3O3. The Bertz CT molecular complexity index is 753. The molecule has 0 aromatic carbocycles. The van der Waals surface area contributed by atoms with Crippen LogP contribution in [0.1, 0.15) is 12.0 Å². The Labute approximate surface area is 133 Å². The number of amides is 1. The van der Waals surface area contributed by atoms with Gasteiger partial charge in [-0.3, -0.25) is 9.48 Å². The number of ether oxygens (including phenoxy) is 1. The molecule has 0 saturated heterocycles. The molecule has 0 fully saturated rings. The van der Waals surface area contributed by atoms with Crippen LogP contribution in [0.5, 0.6) is 0 Å². The first-order valence-corrected chi connectivity index (χ1v) is 7.47. The van der Waals surface area contributed by atoms with Crippen molar-refractivity contribution in [3.63, 3.8) is 0 Å². The number of esters is 1. The molecule has 0 spiro atoms. The third-order valence-corrected chi connectivity index (χ3v) is 3.67. The highest BCUT2D eigenvalue weighted by molar-refractivity contribution is 6.43. The van der Waals surface area contributed by atoms with Gasteiger partial charge in [0.05, 0.1) is 18.7 Å². The van der Waals surface area contributed by atoms with Gasteiger partial charge in [-0.25, -0.2) is 9.79 Å². The zero-order valence-corrected chi connectivity index (χ0v) is 12.8. The van der Waals surface area contributed by atoms with Crippen LogP contribution in [0, 0.1) is 5.92 Å². The average molecular weight is 311 g/mol. The third kappa shape index (κ3) is 3.53. The minimum Gasteiger partial charge on any atom is -0.461 e. The summed E-state index contributed by atoms with van der Waals surface area (Å²) in [5.41, 5.74) is 1.94. The molecule has 2 heterocycles. The smallest absolute Gasteiger partial charge is 0.357 e. The van der Waals surface area contributed by atoms with E-state index in [9.17, 15) is 9.59 Å². The topological polar surface area (TPSA) is 73.6 Å². The van der Waals surface area contributed by atoms with E-state index in [1.54, 1.807) is 29.1 Å². The van der Waals surface area contributed by atoms with Crippen molar-refractivity contribution in [1.82, 2.24) is 9.78 Å². The first-order chi connectivity index (χ1) is 11.1. The van der Waals surface area contributed by atoms with Gasteiger partial charge in [0.15, 0.2) is 5.71 Å². The van der Waals surface area contributed by atoms with Gasteiger partial charge < -0.3 is 4.74 Å². The summed E-state index contributed by atoms with van der Waals surface area (Å²) in [5.74, 6) is -1.26. The van der Waals surface area contributed by atoms with Crippen LogP contribution in [0.25, 0.3) is 0 Å². The SMILES string of the molecule is Cn1cc(CCCOC(=O)C2=NC(=O)C3C=CC=CC3=C2)cn1. The summed E-state index contributed by atoms with van der Waals surface area (Å²) in [4.78, 5) is 27.8. The molecule has 0 N–H and O–H groups in total. The van der Waals surface area contributed by atoms with Crippen LogP contribution in [-0.2, 0) is 27.8 Å². The maximum atomic E-state index is 12.0. The lowest BCUT2D eigenvalue weighted by Crippen LogP contribution is -2.26. The minimum atomic E-state index is -0.557. The number of hydrogen-bond acceptors (Lipinski definition) is 4. The summed E-state index contributed by atoms with van der Waals surface area (Å²) < 4.78 is 6.94. The first-order valence-electron chi connectivity index (χ1n) is 7.47. The number of nitrogens with zero attached hydrogens (tertiary/aromatic N) is 3. The highest BCUT2D eigenvalue weighted by Gasteiger charge is 2.27. The van der Waals surface area contributed by atoms with E-state index in [0.717, 1.165) is 17.6 Å². The Kier molecular flexibility index (Phi) is 4.32. The van der Waals surface area contributed by atoms with Crippen LogP contribution in [0.4, 0.5) is 0 Å². The van der Waals surface area contributed by atoms with Crippen LogP contribution in [0.2, 0.25) is 0 Å². The van der Waals surface area contributed by atoms with Gasteiger partial charge in [-0.1, -0.05) is 24.3 Å². The summed E-state index contributed by atoms with van der Waals surface area (Å²) >= 11 is 0. The Hall–Kier alpha value is -2.76. The molecule has 1 aromatic heterocycles. The predicted molar refractivity (Wildman–Crippen MR) is 84.8 cm³/mol. The van der Waals surface area contributed by atoms with Gasteiger partial charge in [0.25, 0.3) is 5.91 Å². The van der Waals surface area contributed by atoms with E-state index in [1.165, 1.54) is 0 Å². The molecule has 0 radical (unpaired) electrons. The molecule has 118 valence electrons. The van der Waals surface area contributed by atoms with Crippen molar-refractivity contribution in [2.45, 2.75) is 12.8 Å². The van der Waals surface area contributed by atoms with Crippen molar-refractivity contribution in [2.24, 2.45) is 18.0 Å². The van der Waals surface area contributed by atoms with Gasteiger partial charge in [0.2, 0.25) is 0 Å². The Morgan fingerprint density at radius 3 is 3.04 bits per heavy atom. The van der Waals surface area contributed by atoms with Crippen molar-refractivity contribution >= 4 is 17.6 Å². The second kappa shape index (κ2) is 6.56. The maximum absolute atomic E-state index is 12.0. The highest BCUT2D eigenvalue weighted by Crippen LogP contribution is 2.23. The summed E-state index contributed by atoms with van der Waals surface area (Å²) in [6.07, 6.45) is 14.0.